The van der Waals surface area contributed by atoms with Crippen LogP contribution in [0.3, 0.4) is 0 Å². The number of nitrogens with one attached hydrogen (secondary N) is 2. The van der Waals surface area contributed by atoms with Crippen molar-refractivity contribution in [3.8, 4) is 22.6 Å². The molecule has 0 bridgehead atoms. The third-order valence-electron chi connectivity index (χ3n) is 5.31. The fraction of sp³-hybridized carbons (Fsp3) is 0.200. The highest BCUT2D eigenvalue weighted by Crippen LogP contribution is 2.25. The molecule has 1 unspecified atom stereocenters. The van der Waals surface area contributed by atoms with E-state index in [2.05, 4.69) is 20.3 Å². The number of anilines is 1. The van der Waals surface area contributed by atoms with Gasteiger partial charge in [0.05, 0.1) is 17.0 Å². The molecule has 0 radical (unpaired) electrons. The summed E-state index contributed by atoms with van der Waals surface area (Å²) < 4.78 is 18.6. The zero-order valence-electron chi connectivity index (χ0n) is 18.9. The summed E-state index contributed by atoms with van der Waals surface area (Å²) in [4.78, 5) is 37.3. The van der Waals surface area contributed by atoms with Gasteiger partial charge in [0, 0.05) is 22.2 Å². The molecule has 2 heterocycles. The highest BCUT2D eigenvalue weighted by Gasteiger charge is 2.23. The number of H-pyrrole nitrogens is 1. The number of halogens is 1. The highest BCUT2D eigenvalue weighted by atomic mass is 32.1. The maximum atomic E-state index is 13.1. The minimum Gasteiger partial charge on any atom is -0.449 e. The van der Waals surface area contributed by atoms with Crippen molar-refractivity contribution in [2.24, 2.45) is 0 Å². The van der Waals surface area contributed by atoms with E-state index in [4.69, 9.17) is 4.74 Å². The van der Waals surface area contributed by atoms with E-state index >= 15 is 0 Å². The van der Waals surface area contributed by atoms with Gasteiger partial charge in [-0.15, -0.1) is 11.3 Å². The predicted molar refractivity (Wildman–Crippen MR) is 129 cm³/mol. The van der Waals surface area contributed by atoms with Gasteiger partial charge in [0.15, 0.2) is 11.2 Å². The molecule has 0 aliphatic carbocycles. The van der Waals surface area contributed by atoms with E-state index < -0.39 is 18.0 Å². The van der Waals surface area contributed by atoms with Crippen LogP contribution in [0, 0.1) is 19.7 Å². The number of hydrogen-bond acceptors (Lipinski definition) is 6. The summed E-state index contributed by atoms with van der Waals surface area (Å²) in [5.74, 6) is -0.661. The standard InChI is InChI=1S/C25H23FN4O3S/c1-4-21(23(31)30-25-29-20(13-34-25)16-9-11-19(26)12-10-16)33-24(32)18-7-5-17(6-8-18)22-27-14(2)15(3)28-22/h5-13,21H,4H2,1-3H3,(H,27,28)(H,29,30,31). The van der Waals surface area contributed by atoms with E-state index in [0.29, 0.717) is 22.8 Å². The molecule has 0 aliphatic heterocycles. The van der Waals surface area contributed by atoms with Gasteiger partial charge in [-0.1, -0.05) is 19.1 Å². The normalized spacial score (nSPS) is 11.8. The minimum atomic E-state index is -0.972. The van der Waals surface area contributed by atoms with Crippen LogP contribution in [0.25, 0.3) is 22.6 Å². The molecule has 174 valence electrons. The molecule has 0 saturated carbocycles. The number of benzene rings is 2. The summed E-state index contributed by atoms with van der Waals surface area (Å²) in [5, 5.41) is 4.83. The van der Waals surface area contributed by atoms with Crippen molar-refractivity contribution >= 4 is 28.3 Å². The van der Waals surface area contributed by atoms with Gasteiger partial charge in [-0.05, 0) is 56.7 Å². The van der Waals surface area contributed by atoms with Gasteiger partial charge in [0.25, 0.3) is 5.91 Å². The molecule has 4 rings (SSSR count). The lowest BCUT2D eigenvalue weighted by Gasteiger charge is -2.15. The number of thiazole rings is 1. The maximum absolute atomic E-state index is 13.1. The summed E-state index contributed by atoms with van der Waals surface area (Å²) in [6, 6.07) is 12.8. The second-order valence-electron chi connectivity index (χ2n) is 7.71. The van der Waals surface area contributed by atoms with Crippen LogP contribution in [0.15, 0.2) is 53.9 Å². The van der Waals surface area contributed by atoms with Crippen LogP contribution in [0.2, 0.25) is 0 Å². The van der Waals surface area contributed by atoms with E-state index in [0.717, 1.165) is 28.3 Å². The molecule has 0 spiro atoms. The average Bonchev–Trinajstić information content (AvgIpc) is 3.44. The lowest BCUT2D eigenvalue weighted by atomic mass is 10.1. The van der Waals surface area contributed by atoms with Crippen molar-refractivity contribution in [1.29, 1.82) is 0 Å². The molecule has 2 aromatic heterocycles. The topological polar surface area (TPSA) is 97.0 Å². The number of aromatic nitrogens is 3. The molecule has 34 heavy (non-hydrogen) atoms. The lowest BCUT2D eigenvalue weighted by Crippen LogP contribution is -2.32. The van der Waals surface area contributed by atoms with E-state index in [-0.39, 0.29) is 5.82 Å². The second kappa shape index (κ2) is 9.96. The van der Waals surface area contributed by atoms with Gasteiger partial charge in [-0.25, -0.2) is 19.2 Å². The number of imidazole rings is 1. The Morgan fingerprint density at radius 2 is 1.74 bits per heavy atom. The van der Waals surface area contributed by atoms with Crippen LogP contribution in [-0.2, 0) is 9.53 Å². The Morgan fingerprint density at radius 1 is 1.06 bits per heavy atom. The van der Waals surface area contributed by atoms with Crippen LogP contribution < -0.4 is 5.32 Å². The summed E-state index contributed by atoms with van der Waals surface area (Å²) in [7, 11) is 0. The summed E-state index contributed by atoms with van der Waals surface area (Å²) in [6.07, 6.45) is -0.669. The van der Waals surface area contributed by atoms with Crippen molar-refractivity contribution < 1.29 is 18.7 Å². The molecule has 4 aromatic rings. The number of esters is 1. The number of carbonyl (C=O) groups excluding carboxylic acids is 2. The molecule has 9 heteroatoms. The van der Waals surface area contributed by atoms with Gasteiger partial charge < -0.3 is 9.72 Å². The zero-order valence-corrected chi connectivity index (χ0v) is 19.7. The Balaban J connectivity index is 1.39. The number of rotatable bonds is 7. The van der Waals surface area contributed by atoms with Gasteiger partial charge in [0.1, 0.15) is 11.6 Å². The first-order chi connectivity index (χ1) is 16.3. The largest absolute Gasteiger partial charge is 0.449 e. The fourth-order valence-corrected chi connectivity index (χ4v) is 3.96. The van der Waals surface area contributed by atoms with Crippen molar-refractivity contribution in [1.82, 2.24) is 15.0 Å². The Hall–Kier alpha value is -3.85. The Morgan fingerprint density at radius 3 is 2.35 bits per heavy atom. The van der Waals surface area contributed by atoms with E-state index in [1.807, 2.05) is 13.8 Å². The molecule has 1 amide bonds. The Kier molecular flexibility index (Phi) is 6.83. The third kappa shape index (κ3) is 5.20. The number of aryl methyl sites for hydroxylation is 2. The SMILES string of the molecule is CCC(OC(=O)c1ccc(-c2nc(C)c(C)[nH]2)cc1)C(=O)Nc1nc(-c2ccc(F)cc2)cs1. The molecular formula is C25H23FN4O3S. The van der Waals surface area contributed by atoms with Gasteiger partial charge >= 0.3 is 5.97 Å². The number of nitrogens with zero attached hydrogens (tertiary/aromatic N) is 2. The first-order valence-electron chi connectivity index (χ1n) is 10.7. The molecule has 7 nitrogen and oxygen atoms in total. The number of amides is 1. The van der Waals surface area contributed by atoms with Crippen LogP contribution in [0.1, 0.15) is 35.1 Å². The summed E-state index contributed by atoms with van der Waals surface area (Å²) in [5.41, 5.74) is 4.44. The zero-order chi connectivity index (χ0) is 24.2. The molecule has 2 N–H and O–H groups in total. The van der Waals surface area contributed by atoms with Gasteiger partial charge in [-0.3, -0.25) is 10.1 Å². The van der Waals surface area contributed by atoms with Crippen LogP contribution in [-0.4, -0.2) is 32.9 Å². The lowest BCUT2D eigenvalue weighted by molar-refractivity contribution is -0.124. The van der Waals surface area contributed by atoms with Gasteiger partial charge in [0.2, 0.25) is 0 Å². The second-order valence-corrected chi connectivity index (χ2v) is 8.57. The van der Waals surface area contributed by atoms with Crippen LogP contribution in [0.4, 0.5) is 9.52 Å². The number of hydrogen-bond donors (Lipinski definition) is 2. The predicted octanol–water partition coefficient (Wildman–Crippen LogP) is 5.53. The first-order valence-corrected chi connectivity index (χ1v) is 11.6. The summed E-state index contributed by atoms with van der Waals surface area (Å²) in [6.45, 7) is 5.63. The summed E-state index contributed by atoms with van der Waals surface area (Å²) >= 11 is 1.24. The Labute approximate surface area is 200 Å². The molecular weight excluding hydrogens is 455 g/mol. The monoisotopic (exact) mass is 478 g/mol. The third-order valence-corrected chi connectivity index (χ3v) is 6.07. The van der Waals surface area contributed by atoms with E-state index in [9.17, 15) is 14.0 Å². The minimum absolute atomic E-state index is 0.302. The number of aromatic amines is 1. The van der Waals surface area contributed by atoms with Crippen LogP contribution >= 0.6 is 11.3 Å². The molecule has 0 aliphatic rings. The quantitative estimate of drug-likeness (QED) is 0.341. The van der Waals surface area contributed by atoms with Gasteiger partial charge in [-0.2, -0.15) is 0 Å². The average molecular weight is 479 g/mol. The first kappa shape index (κ1) is 23.3. The van der Waals surface area contributed by atoms with Crippen molar-refractivity contribution in [2.45, 2.75) is 33.3 Å². The van der Waals surface area contributed by atoms with Crippen molar-refractivity contribution in [3.05, 3.63) is 76.7 Å². The number of carbonyl (C=O) groups is 2. The highest BCUT2D eigenvalue weighted by molar-refractivity contribution is 7.14. The Bertz CT molecular complexity index is 1290. The van der Waals surface area contributed by atoms with Crippen molar-refractivity contribution in [2.75, 3.05) is 5.32 Å². The maximum Gasteiger partial charge on any atom is 0.338 e. The van der Waals surface area contributed by atoms with E-state index in [1.165, 1.54) is 23.5 Å². The van der Waals surface area contributed by atoms with E-state index in [1.54, 1.807) is 48.7 Å². The smallest absolute Gasteiger partial charge is 0.338 e. The number of ether oxygens (including phenoxy) is 1. The molecule has 0 fully saturated rings. The molecule has 1 atom stereocenters. The molecule has 2 aromatic carbocycles. The molecule has 0 saturated heterocycles. The van der Waals surface area contributed by atoms with Crippen molar-refractivity contribution in [3.63, 3.8) is 0 Å². The van der Waals surface area contributed by atoms with Crippen LogP contribution in [0.5, 0.6) is 0 Å². The fourth-order valence-electron chi connectivity index (χ4n) is 3.24.